The summed E-state index contributed by atoms with van der Waals surface area (Å²) in [6.45, 7) is 2.03. The lowest BCUT2D eigenvalue weighted by Crippen LogP contribution is -2.01. The van der Waals surface area contributed by atoms with Crippen LogP contribution in [-0.2, 0) is 12.2 Å². The number of hydrogen-bond donors (Lipinski definition) is 1. The number of nitrogens with zero attached hydrogens (tertiary/aromatic N) is 2. The Balaban J connectivity index is 2.05. The first-order chi connectivity index (χ1) is 8.67. The Kier molecular flexibility index (Phi) is 4.15. The molecule has 0 aliphatic heterocycles. The molecule has 2 rings (SSSR count). The molecule has 0 atom stereocenters. The molecule has 0 saturated carbocycles. The quantitative estimate of drug-likeness (QED) is 0.861. The number of aryl methyl sites for hydroxylation is 1. The van der Waals surface area contributed by atoms with Gasteiger partial charge in [0, 0.05) is 16.7 Å². The van der Waals surface area contributed by atoms with Gasteiger partial charge in [0.2, 0.25) is 0 Å². The van der Waals surface area contributed by atoms with Crippen molar-refractivity contribution in [3.8, 4) is 0 Å². The number of benzene rings is 1. The zero-order chi connectivity index (χ0) is 13.0. The molecule has 0 aliphatic carbocycles. The number of nitrogens with two attached hydrogens (primary N) is 1. The van der Waals surface area contributed by atoms with Gasteiger partial charge in [-0.15, -0.1) is 11.8 Å². The fraction of sp³-hybridized carbons (Fsp3) is 0.231. The summed E-state index contributed by atoms with van der Waals surface area (Å²) < 4.78 is 12.8. The average Bonchev–Trinajstić information content (AvgIpc) is 2.37. The van der Waals surface area contributed by atoms with Gasteiger partial charge < -0.3 is 5.73 Å². The molecule has 0 aliphatic rings. The van der Waals surface area contributed by atoms with Crippen molar-refractivity contribution in [2.75, 3.05) is 5.73 Å². The van der Waals surface area contributed by atoms with Gasteiger partial charge in [-0.25, -0.2) is 14.4 Å². The van der Waals surface area contributed by atoms with E-state index in [0.717, 1.165) is 17.0 Å². The molecule has 94 valence electrons. The highest BCUT2D eigenvalue weighted by Gasteiger charge is 2.03. The third kappa shape index (κ3) is 3.43. The van der Waals surface area contributed by atoms with Crippen LogP contribution in [0.25, 0.3) is 0 Å². The Bertz CT molecular complexity index is 528. The van der Waals surface area contributed by atoms with Crippen molar-refractivity contribution in [2.45, 2.75) is 24.0 Å². The third-order valence-corrected chi connectivity index (χ3v) is 3.40. The van der Waals surface area contributed by atoms with E-state index in [2.05, 4.69) is 9.97 Å². The van der Waals surface area contributed by atoms with Crippen LogP contribution >= 0.6 is 11.8 Å². The summed E-state index contributed by atoms with van der Waals surface area (Å²) in [6.07, 6.45) is 0.834. The Labute approximate surface area is 110 Å². The number of nitrogen functional groups attached to an aromatic ring is 1. The van der Waals surface area contributed by atoms with Gasteiger partial charge in [0.05, 0.1) is 5.75 Å². The summed E-state index contributed by atoms with van der Waals surface area (Å²) in [5.41, 5.74) is 6.66. The Hall–Kier alpha value is -1.62. The highest BCUT2D eigenvalue weighted by molar-refractivity contribution is 7.98. The number of thioether (sulfide) groups is 1. The fourth-order valence-corrected chi connectivity index (χ4v) is 2.25. The van der Waals surface area contributed by atoms with E-state index in [1.165, 1.54) is 12.1 Å². The minimum atomic E-state index is -0.229. The minimum Gasteiger partial charge on any atom is -0.384 e. The minimum absolute atomic E-state index is 0.229. The molecule has 5 heteroatoms. The molecular formula is C13H14FN3S. The summed E-state index contributed by atoms with van der Waals surface area (Å²) in [5, 5.41) is 0. The molecular weight excluding hydrogens is 249 g/mol. The molecule has 1 aromatic carbocycles. The third-order valence-electron chi connectivity index (χ3n) is 2.39. The van der Waals surface area contributed by atoms with E-state index in [1.807, 2.05) is 6.92 Å². The van der Waals surface area contributed by atoms with Crippen LogP contribution in [0, 0.1) is 5.82 Å². The van der Waals surface area contributed by atoms with Gasteiger partial charge in [0.1, 0.15) is 17.5 Å². The predicted octanol–water partition coefficient (Wildman–Crippen LogP) is 3.05. The lowest BCUT2D eigenvalue weighted by Gasteiger charge is -2.04. The standard InChI is InChI=1S/C13H14FN3S/c1-2-10-7-12(15)17-13(16-10)8-18-11-5-3-9(14)4-6-11/h3-7H,2,8H2,1H3,(H2,15,16,17). The van der Waals surface area contributed by atoms with Crippen molar-refractivity contribution in [3.05, 3.63) is 47.7 Å². The average molecular weight is 263 g/mol. The zero-order valence-corrected chi connectivity index (χ0v) is 10.9. The topological polar surface area (TPSA) is 51.8 Å². The maximum Gasteiger partial charge on any atom is 0.141 e. The normalized spacial score (nSPS) is 10.6. The number of hydrogen-bond acceptors (Lipinski definition) is 4. The van der Waals surface area contributed by atoms with Crippen LogP contribution in [0.5, 0.6) is 0 Å². The lowest BCUT2D eigenvalue weighted by molar-refractivity contribution is 0.626. The van der Waals surface area contributed by atoms with Crippen molar-refractivity contribution >= 4 is 17.6 Å². The first-order valence-electron chi connectivity index (χ1n) is 5.68. The maximum atomic E-state index is 12.8. The van der Waals surface area contributed by atoms with Gasteiger partial charge in [-0.1, -0.05) is 6.92 Å². The van der Waals surface area contributed by atoms with Gasteiger partial charge in [-0.2, -0.15) is 0 Å². The van der Waals surface area contributed by atoms with Gasteiger partial charge >= 0.3 is 0 Å². The van der Waals surface area contributed by atoms with Crippen molar-refractivity contribution in [1.29, 1.82) is 0 Å². The highest BCUT2D eigenvalue weighted by Crippen LogP contribution is 2.21. The number of anilines is 1. The van der Waals surface area contributed by atoms with Gasteiger partial charge in [-0.3, -0.25) is 0 Å². The monoisotopic (exact) mass is 263 g/mol. The van der Waals surface area contributed by atoms with E-state index in [4.69, 9.17) is 5.73 Å². The lowest BCUT2D eigenvalue weighted by atomic mass is 10.3. The van der Waals surface area contributed by atoms with Crippen LogP contribution < -0.4 is 5.73 Å². The summed E-state index contributed by atoms with van der Waals surface area (Å²) in [4.78, 5) is 9.57. The molecule has 1 aromatic heterocycles. The van der Waals surface area contributed by atoms with E-state index in [0.29, 0.717) is 17.4 Å². The summed E-state index contributed by atoms with van der Waals surface area (Å²) in [7, 11) is 0. The highest BCUT2D eigenvalue weighted by atomic mass is 32.2. The van der Waals surface area contributed by atoms with E-state index >= 15 is 0 Å². The number of rotatable bonds is 4. The van der Waals surface area contributed by atoms with E-state index in [-0.39, 0.29) is 5.82 Å². The van der Waals surface area contributed by atoms with Crippen molar-refractivity contribution in [3.63, 3.8) is 0 Å². The Morgan fingerprint density at radius 1 is 1.22 bits per heavy atom. The summed E-state index contributed by atoms with van der Waals surface area (Å²) in [6, 6.07) is 8.16. The molecule has 0 bridgehead atoms. The maximum absolute atomic E-state index is 12.8. The summed E-state index contributed by atoms with van der Waals surface area (Å²) >= 11 is 1.56. The van der Waals surface area contributed by atoms with Crippen molar-refractivity contribution < 1.29 is 4.39 Å². The van der Waals surface area contributed by atoms with Gasteiger partial charge in [-0.05, 0) is 30.7 Å². The molecule has 2 aromatic rings. The van der Waals surface area contributed by atoms with Crippen LogP contribution in [-0.4, -0.2) is 9.97 Å². The van der Waals surface area contributed by atoms with Crippen LogP contribution in [0.4, 0.5) is 10.2 Å². The van der Waals surface area contributed by atoms with Gasteiger partial charge in [0.15, 0.2) is 0 Å². The van der Waals surface area contributed by atoms with Crippen molar-refractivity contribution in [1.82, 2.24) is 9.97 Å². The summed E-state index contributed by atoms with van der Waals surface area (Å²) in [5.74, 6) is 1.61. The Morgan fingerprint density at radius 2 is 1.94 bits per heavy atom. The fourth-order valence-electron chi connectivity index (χ4n) is 1.50. The molecule has 0 amide bonds. The van der Waals surface area contributed by atoms with Crippen LogP contribution in [0.3, 0.4) is 0 Å². The second-order valence-electron chi connectivity index (χ2n) is 3.80. The first kappa shape index (κ1) is 12.8. The van der Waals surface area contributed by atoms with Crippen molar-refractivity contribution in [2.24, 2.45) is 0 Å². The largest absolute Gasteiger partial charge is 0.384 e. The predicted molar refractivity (Wildman–Crippen MR) is 71.8 cm³/mol. The van der Waals surface area contributed by atoms with Crippen LogP contribution in [0.2, 0.25) is 0 Å². The van der Waals surface area contributed by atoms with E-state index in [1.54, 1.807) is 30.0 Å². The van der Waals surface area contributed by atoms with E-state index < -0.39 is 0 Å². The number of aromatic nitrogens is 2. The smallest absolute Gasteiger partial charge is 0.141 e. The number of halogens is 1. The molecule has 1 heterocycles. The molecule has 0 spiro atoms. The molecule has 2 N–H and O–H groups in total. The van der Waals surface area contributed by atoms with Crippen LogP contribution in [0.1, 0.15) is 18.4 Å². The molecule has 0 unspecified atom stereocenters. The molecule has 0 fully saturated rings. The molecule has 18 heavy (non-hydrogen) atoms. The molecule has 0 saturated heterocycles. The molecule has 0 radical (unpaired) electrons. The van der Waals surface area contributed by atoms with Gasteiger partial charge in [0.25, 0.3) is 0 Å². The van der Waals surface area contributed by atoms with Crippen LogP contribution in [0.15, 0.2) is 35.2 Å². The van der Waals surface area contributed by atoms with E-state index in [9.17, 15) is 4.39 Å². The molecule has 3 nitrogen and oxygen atoms in total. The second-order valence-corrected chi connectivity index (χ2v) is 4.85. The zero-order valence-electron chi connectivity index (χ0n) is 10.1. The SMILES string of the molecule is CCc1cc(N)nc(CSc2ccc(F)cc2)n1. The first-order valence-corrected chi connectivity index (χ1v) is 6.66. The second kappa shape index (κ2) is 5.82. The Morgan fingerprint density at radius 3 is 2.61 bits per heavy atom.